The number of hydrogen-bond acceptors (Lipinski definition) is 5. The van der Waals surface area contributed by atoms with Crippen LogP contribution in [0.15, 0.2) is 82.7 Å². The van der Waals surface area contributed by atoms with Gasteiger partial charge in [-0.2, -0.15) is 4.99 Å². The second-order valence-electron chi connectivity index (χ2n) is 8.07. The van der Waals surface area contributed by atoms with E-state index in [4.69, 9.17) is 38.1 Å². The Bertz CT molecular complexity index is 1490. The number of ether oxygens (including phenoxy) is 2. The SMILES string of the molecule is CCOc1cc(C=C2C(=N)N3C(c4ccccc4)=CSC3=NC2=O)cc(Cl)c1OCc1ccccc1Cl. The lowest BCUT2D eigenvalue weighted by Crippen LogP contribution is -2.38. The molecular formula is C28H21Cl2N3O3S. The van der Waals surface area contributed by atoms with Gasteiger partial charge in [-0.15, -0.1) is 0 Å². The molecular weight excluding hydrogens is 529 g/mol. The van der Waals surface area contributed by atoms with Crippen LogP contribution < -0.4 is 9.47 Å². The summed E-state index contributed by atoms with van der Waals surface area (Å²) in [6.07, 6.45) is 1.60. The average molecular weight is 550 g/mol. The summed E-state index contributed by atoms with van der Waals surface area (Å²) in [5.74, 6) is 0.360. The lowest BCUT2D eigenvalue weighted by molar-refractivity contribution is -0.114. The highest BCUT2D eigenvalue weighted by atomic mass is 35.5. The molecule has 0 saturated heterocycles. The van der Waals surface area contributed by atoms with Crippen molar-refractivity contribution in [3.05, 3.63) is 104 Å². The number of hydrogen-bond donors (Lipinski definition) is 1. The Labute approximate surface area is 228 Å². The van der Waals surface area contributed by atoms with Crippen molar-refractivity contribution >= 4 is 63.6 Å². The highest BCUT2D eigenvalue weighted by Crippen LogP contribution is 2.40. The van der Waals surface area contributed by atoms with Crippen LogP contribution in [-0.2, 0) is 11.4 Å². The molecule has 0 atom stereocenters. The number of nitrogens with zero attached hydrogens (tertiary/aromatic N) is 2. The van der Waals surface area contributed by atoms with Crippen molar-refractivity contribution in [2.45, 2.75) is 13.5 Å². The second-order valence-corrected chi connectivity index (χ2v) is 9.72. The van der Waals surface area contributed by atoms with E-state index >= 15 is 0 Å². The number of amides is 1. The highest BCUT2D eigenvalue weighted by Gasteiger charge is 2.36. The van der Waals surface area contributed by atoms with E-state index in [1.165, 1.54) is 11.8 Å². The van der Waals surface area contributed by atoms with Gasteiger partial charge < -0.3 is 9.47 Å². The molecule has 0 bridgehead atoms. The van der Waals surface area contributed by atoms with E-state index in [1.54, 1.807) is 29.2 Å². The fourth-order valence-electron chi connectivity index (χ4n) is 3.92. The van der Waals surface area contributed by atoms with E-state index in [0.717, 1.165) is 16.8 Å². The summed E-state index contributed by atoms with van der Waals surface area (Å²) >= 11 is 14.2. The van der Waals surface area contributed by atoms with Gasteiger partial charge in [-0.1, -0.05) is 83.5 Å². The third kappa shape index (κ3) is 5.16. The Kier molecular flexibility index (Phi) is 7.37. The van der Waals surface area contributed by atoms with Crippen LogP contribution in [0.2, 0.25) is 10.0 Å². The fourth-order valence-corrected chi connectivity index (χ4v) is 5.27. The summed E-state index contributed by atoms with van der Waals surface area (Å²) in [6.45, 7) is 2.45. The molecule has 0 spiro atoms. The van der Waals surface area contributed by atoms with Gasteiger partial charge >= 0.3 is 0 Å². The van der Waals surface area contributed by atoms with Crippen molar-refractivity contribution in [2.75, 3.05) is 6.61 Å². The molecule has 2 heterocycles. The zero-order valence-electron chi connectivity index (χ0n) is 19.7. The summed E-state index contributed by atoms with van der Waals surface area (Å²) in [7, 11) is 0. The number of fused-ring (bicyclic) bond motifs is 1. The minimum atomic E-state index is -0.486. The van der Waals surface area contributed by atoms with Crippen LogP contribution in [0.1, 0.15) is 23.6 Å². The first-order valence-electron chi connectivity index (χ1n) is 11.4. The summed E-state index contributed by atoms with van der Waals surface area (Å²) in [4.78, 5) is 18.8. The minimum absolute atomic E-state index is 0.0447. The predicted octanol–water partition coefficient (Wildman–Crippen LogP) is 7.28. The lowest BCUT2D eigenvalue weighted by atomic mass is 10.1. The predicted molar refractivity (Wildman–Crippen MR) is 150 cm³/mol. The van der Waals surface area contributed by atoms with Crippen LogP contribution >= 0.6 is 35.0 Å². The van der Waals surface area contributed by atoms with Gasteiger partial charge in [-0.3, -0.25) is 15.1 Å². The fraction of sp³-hybridized carbons (Fsp3) is 0.107. The van der Waals surface area contributed by atoms with Crippen molar-refractivity contribution in [1.82, 2.24) is 4.90 Å². The van der Waals surface area contributed by atoms with E-state index in [1.807, 2.05) is 60.9 Å². The monoisotopic (exact) mass is 549 g/mol. The molecule has 37 heavy (non-hydrogen) atoms. The van der Waals surface area contributed by atoms with Crippen LogP contribution in [0.4, 0.5) is 0 Å². The molecule has 1 N–H and O–H groups in total. The lowest BCUT2D eigenvalue weighted by Gasteiger charge is -2.27. The zero-order valence-corrected chi connectivity index (χ0v) is 22.0. The van der Waals surface area contributed by atoms with E-state index in [-0.39, 0.29) is 18.0 Å². The normalized spacial score (nSPS) is 16.0. The van der Waals surface area contributed by atoms with E-state index < -0.39 is 5.91 Å². The first-order valence-corrected chi connectivity index (χ1v) is 13.1. The number of aliphatic imine (C=N–C) groups is 1. The number of thioether (sulfide) groups is 1. The van der Waals surface area contributed by atoms with Crippen LogP contribution in [0.25, 0.3) is 11.8 Å². The molecule has 0 unspecified atom stereocenters. The van der Waals surface area contributed by atoms with Crippen molar-refractivity contribution in [3.8, 4) is 11.5 Å². The Morgan fingerprint density at radius 1 is 1.03 bits per heavy atom. The smallest absolute Gasteiger partial charge is 0.283 e. The molecule has 0 aromatic heterocycles. The maximum Gasteiger partial charge on any atom is 0.283 e. The number of carbonyl (C=O) groups excluding carboxylic acids is 1. The summed E-state index contributed by atoms with van der Waals surface area (Å²) in [6, 6.07) is 20.5. The van der Waals surface area contributed by atoms with E-state index in [0.29, 0.717) is 38.9 Å². The Balaban J connectivity index is 1.46. The number of halogens is 2. The van der Waals surface area contributed by atoms with Gasteiger partial charge in [0.25, 0.3) is 5.91 Å². The maximum absolute atomic E-state index is 12.9. The molecule has 2 aliphatic heterocycles. The highest BCUT2D eigenvalue weighted by molar-refractivity contribution is 8.17. The molecule has 5 rings (SSSR count). The Hall–Kier alpha value is -3.52. The third-order valence-corrected chi connectivity index (χ3v) is 7.13. The molecule has 186 valence electrons. The molecule has 0 radical (unpaired) electrons. The quantitative estimate of drug-likeness (QED) is 0.313. The number of benzene rings is 3. The van der Waals surface area contributed by atoms with Gasteiger partial charge in [0.15, 0.2) is 16.7 Å². The minimum Gasteiger partial charge on any atom is -0.490 e. The van der Waals surface area contributed by atoms with Crippen LogP contribution in [-0.4, -0.2) is 28.4 Å². The zero-order chi connectivity index (χ0) is 25.9. The van der Waals surface area contributed by atoms with Gasteiger partial charge in [0.05, 0.1) is 22.9 Å². The molecule has 1 amide bonds. The van der Waals surface area contributed by atoms with Gasteiger partial charge in [0.2, 0.25) is 0 Å². The van der Waals surface area contributed by atoms with Gasteiger partial charge in [-0.05, 0) is 42.3 Å². The molecule has 9 heteroatoms. The topological polar surface area (TPSA) is 75.0 Å². The van der Waals surface area contributed by atoms with Crippen LogP contribution in [0.5, 0.6) is 11.5 Å². The number of rotatable bonds is 7. The average Bonchev–Trinajstić information content (AvgIpc) is 3.31. The molecule has 2 aliphatic rings. The first-order chi connectivity index (χ1) is 18.0. The summed E-state index contributed by atoms with van der Waals surface area (Å²) in [5.41, 5.74) is 3.28. The molecule has 0 aliphatic carbocycles. The van der Waals surface area contributed by atoms with Crippen molar-refractivity contribution in [2.24, 2.45) is 4.99 Å². The Morgan fingerprint density at radius 3 is 2.54 bits per heavy atom. The van der Waals surface area contributed by atoms with E-state index in [2.05, 4.69) is 4.99 Å². The molecule has 6 nitrogen and oxygen atoms in total. The maximum atomic E-state index is 12.9. The van der Waals surface area contributed by atoms with E-state index in [9.17, 15) is 4.79 Å². The molecule has 0 saturated carbocycles. The summed E-state index contributed by atoms with van der Waals surface area (Å²) in [5, 5.41) is 12.1. The summed E-state index contributed by atoms with van der Waals surface area (Å²) < 4.78 is 11.8. The van der Waals surface area contributed by atoms with Gasteiger partial charge in [0.1, 0.15) is 12.4 Å². The number of nitrogens with one attached hydrogen (secondary N) is 1. The first kappa shape index (κ1) is 25.1. The Morgan fingerprint density at radius 2 is 1.78 bits per heavy atom. The van der Waals surface area contributed by atoms with Crippen LogP contribution in [0, 0.1) is 5.41 Å². The van der Waals surface area contributed by atoms with Crippen LogP contribution in [0.3, 0.4) is 0 Å². The number of carbonyl (C=O) groups is 1. The molecule has 3 aromatic carbocycles. The van der Waals surface area contributed by atoms with Gasteiger partial charge in [-0.25, -0.2) is 0 Å². The van der Waals surface area contributed by atoms with Crippen molar-refractivity contribution in [1.29, 1.82) is 5.41 Å². The standard InChI is InChI=1S/C28H21Cl2N3O3S/c1-2-35-24-14-17(13-22(30)25(24)36-15-19-10-6-7-11-21(19)29)12-20-26(31)33-23(18-8-4-3-5-9-18)16-37-28(33)32-27(20)34/h3-14,16,31H,2,15H2,1H3. The van der Waals surface area contributed by atoms with Gasteiger partial charge in [0, 0.05) is 16.0 Å². The molecule has 0 fully saturated rings. The number of amidine groups is 2. The van der Waals surface area contributed by atoms with Crippen molar-refractivity contribution < 1.29 is 14.3 Å². The third-order valence-electron chi connectivity index (χ3n) is 5.66. The molecule has 3 aromatic rings. The second kappa shape index (κ2) is 10.8. The van der Waals surface area contributed by atoms with Crippen molar-refractivity contribution in [3.63, 3.8) is 0 Å². The largest absolute Gasteiger partial charge is 0.490 e.